The zero-order valence-electron chi connectivity index (χ0n) is 20.1. The van der Waals surface area contributed by atoms with Crippen molar-refractivity contribution in [2.45, 2.75) is 97.3 Å². The number of unbranched alkanes of at least 4 members (excludes halogenated alkanes) is 1. The van der Waals surface area contributed by atoms with Gasteiger partial charge in [0.15, 0.2) is 0 Å². The van der Waals surface area contributed by atoms with E-state index in [-0.39, 0.29) is 0 Å². The van der Waals surface area contributed by atoms with Crippen LogP contribution in [-0.2, 0) is 6.42 Å². The Labute approximate surface area is 192 Å². The van der Waals surface area contributed by atoms with Gasteiger partial charge in [-0.2, -0.15) is 0 Å². The third-order valence-electron chi connectivity index (χ3n) is 7.40. The summed E-state index contributed by atoms with van der Waals surface area (Å²) in [6.45, 7) is 5.41. The molecule has 0 aromatic heterocycles. The van der Waals surface area contributed by atoms with Crippen LogP contribution in [0.15, 0.2) is 36.4 Å². The Morgan fingerprint density at radius 2 is 1.58 bits per heavy atom. The standard InChI is InChI=1S/C30H44O/c1-3-5-9-26-20-22-30(23-21-26)31-24-29-18-16-28(17-19-29)11-7-6-10-27-14-12-25(8-4-2)13-15-27/h6,10,20-23,25,27-29H,3-5,8-9,12-19,24H2,1-2H3/b10-6+/t25-,27-,28-,29-. The molecule has 170 valence electrons. The first-order valence-corrected chi connectivity index (χ1v) is 13.2. The van der Waals surface area contributed by atoms with Gasteiger partial charge in [0.05, 0.1) is 6.61 Å². The number of aryl methyl sites for hydroxylation is 1. The van der Waals surface area contributed by atoms with Crippen LogP contribution in [0.4, 0.5) is 0 Å². The van der Waals surface area contributed by atoms with E-state index in [2.05, 4.69) is 62.1 Å². The number of allylic oxidation sites excluding steroid dienone is 2. The summed E-state index contributed by atoms with van der Waals surface area (Å²) in [5, 5.41) is 0. The van der Waals surface area contributed by atoms with Crippen molar-refractivity contribution in [2.75, 3.05) is 6.61 Å². The van der Waals surface area contributed by atoms with Crippen molar-refractivity contribution >= 4 is 0 Å². The van der Waals surface area contributed by atoms with E-state index in [1.54, 1.807) is 0 Å². The summed E-state index contributed by atoms with van der Waals surface area (Å²) in [7, 11) is 0. The highest BCUT2D eigenvalue weighted by Gasteiger charge is 2.20. The smallest absolute Gasteiger partial charge is 0.119 e. The molecule has 2 aliphatic carbocycles. The maximum Gasteiger partial charge on any atom is 0.119 e. The van der Waals surface area contributed by atoms with Gasteiger partial charge in [0.2, 0.25) is 0 Å². The van der Waals surface area contributed by atoms with Gasteiger partial charge >= 0.3 is 0 Å². The number of rotatable bonds is 9. The highest BCUT2D eigenvalue weighted by atomic mass is 16.5. The molecule has 3 rings (SSSR count). The van der Waals surface area contributed by atoms with Gasteiger partial charge < -0.3 is 4.74 Å². The SMILES string of the molecule is CCCCc1ccc(OC[C@H]2CC[C@H](C#C/C=C/[C@H]3CC[C@H](CCC)CC3)CC2)cc1. The fourth-order valence-electron chi connectivity index (χ4n) is 5.25. The Morgan fingerprint density at radius 3 is 2.26 bits per heavy atom. The van der Waals surface area contributed by atoms with Crippen LogP contribution in [0.3, 0.4) is 0 Å². The second-order valence-electron chi connectivity index (χ2n) is 9.99. The Morgan fingerprint density at radius 1 is 0.871 bits per heavy atom. The molecule has 0 unspecified atom stereocenters. The molecule has 2 aliphatic rings. The van der Waals surface area contributed by atoms with Gasteiger partial charge in [-0.05, 0) is 106 Å². The molecule has 2 saturated carbocycles. The lowest BCUT2D eigenvalue weighted by Gasteiger charge is -2.26. The van der Waals surface area contributed by atoms with Gasteiger partial charge in [0, 0.05) is 5.92 Å². The first-order valence-electron chi connectivity index (χ1n) is 13.2. The summed E-state index contributed by atoms with van der Waals surface area (Å²) in [5.41, 5.74) is 1.42. The molecular weight excluding hydrogens is 376 g/mol. The third-order valence-corrected chi connectivity index (χ3v) is 7.40. The fraction of sp³-hybridized carbons (Fsp3) is 0.667. The zero-order chi connectivity index (χ0) is 21.7. The summed E-state index contributed by atoms with van der Waals surface area (Å²) >= 11 is 0. The third kappa shape index (κ3) is 8.76. The van der Waals surface area contributed by atoms with Crippen LogP contribution < -0.4 is 4.74 Å². The second kappa shape index (κ2) is 13.7. The van der Waals surface area contributed by atoms with Gasteiger partial charge in [0.1, 0.15) is 5.75 Å². The molecule has 1 heteroatoms. The first-order chi connectivity index (χ1) is 15.3. The summed E-state index contributed by atoms with van der Waals surface area (Å²) < 4.78 is 6.08. The molecule has 1 nitrogen and oxygen atoms in total. The second-order valence-corrected chi connectivity index (χ2v) is 9.99. The van der Waals surface area contributed by atoms with Gasteiger partial charge in [-0.3, -0.25) is 0 Å². The first kappa shape index (κ1) is 24.0. The van der Waals surface area contributed by atoms with Crippen LogP contribution >= 0.6 is 0 Å². The molecule has 1 aromatic rings. The lowest BCUT2D eigenvalue weighted by Crippen LogP contribution is -2.19. The monoisotopic (exact) mass is 420 g/mol. The van der Waals surface area contributed by atoms with Crippen molar-refractivity contribution in [2.24, 2.45) is 23.7 Å². The Bertz CT molecular complexity index is 688. The van der Waals surface area contributed by atoms with Gasteiger partial charge in [0.25, 0.3) is 0 Å². The van der Waals surface area contributed by atoms with Crippen molar-refractivity contribution in [3.8, 4) is 17.6 Å². The zero-order valence-corrected chi connectivity index (χ0v) is 20.1. The van der Waals surface area contributed by atoms with Crippen molar-refractivity contribution in [3.63, 3.8) is 0 Å². The Hall–Kier alpha value is -1.68. The lowest BCUT2D eigenvalue weighted by molar-refractivity contribution is 0.196. The van der Waals surface area contributed by atoms with Crippen LogP contribution in [0.5, 0.6) is 5.75 Å². The maximum absolute atomic E-state index is 6.08. The van der Waals surface area contributed by atoms with E-state index in [1.165, 1.54) is 89.0 Å². The minimum absolute atomic E-state index is 0.582. The van der Waals surface area contributed by atoms with Crippen LogP contribution in [0.2, 0.25) is 0 Å². The van der Waals surface area contributed by atoms with Crippen molar-refractivity contribution < 1.29 is 4.74 Å². The summed E-state index contributed by atoms with van der Waals surface area (Å²) in [6, 6.07) is 8.74. The number of ether oxygens (including phenoxy) is 1. The highest BCUT2D eigenvalue weighted by Crippen LogP contribution is 2.32. The average Bonchev–Trinajstić information content (AvgIpc) is 2.82. The number of benzene rings is 1. The summed E-state index contributed by atoms with van der Waals surface area (Å²) in [5.74, 6) is 11.0. The van der Waals surface area contributed by atoms with E-state index in [1.807, 2.05) is 0 Å². The molecule has 0 bridgehead atoms. The Balaban J connectivity index is 1.30. The van der Waals surface area contributed by atoms with Crippen molar-refractivity contribution in [1.29, 1.82) is 0 Å². The molecule has 0 atom stereocenters. The topological polar surface area (TPSA) is 9.23 Å². The van der Waals surface area contributed by atoms with Crippen molar-refractivity contribution in [1.82, 2.24) is 0 Å². The molecule has 0 saturated heterocycles. The van der Waals surface area contributed by atoms with Gasteiger partial charge in [-0.25, -0.2) is 0 Å². The molecule has 1 aromatic carbocycles. The molecular formula is C30H44O. The van der Waals surface area contributed by atoms with Crippen LogP contribution in [-0.4, -0.2) is 6.61 Å². The van der Waals surface area contributed by atoms with E-state index in [4.69, 9.17) is 4.74 Å². The van der Waals surface area contributed by atoms with Crippen molar-refractivity contribution in [3.05, 3.63) is 42.0 Å². The average molecular weight is 421 g/mol. The molecule has 0 spiro atoms. The molecule has 0 radical (unpaired) electrons. The normalized spacial score (nSPS) is 26.4. The van der Waals surface area contributed by atoms with Gasteiger partial charge in [-0.1, -0.05) is 63.2 Å². The Kier molecular flexibility index (Phi) is 10.6. The van der Waals surface area contributed by atoms with Crippen LogP contribution in [0.25, 0.3) is 0 Å². The van der Waals surface area contributed by atoms with E-state index in [0.29, 0.717) is 11.8 Å². The minimum Gasteiger partial charge on any atom is -0.493 e. The molecule has 0 N–H and O–H groups in total. The van der Waals surface area contributed by atoms with E-state index in [0.717, 1.165) is 24.2 Å². The lowest BCUT2D eigenvalue weighted by atomic mass is 9.80. The predicted octanol–water partition coefficient (Wildman–Crippen LogP) is 8.38. The van der Waals surface area contributed by atoms with Gasteiger partial charge in [-0.15, -0.1) is 0 Å². The largest absolute Gasteiger partial charge is 0.493 e. The maximum atomic E-state index is 6.08. The molecule has 0 heterocycles. The number of hydrogen-bond donors (Lipinski definition) is 0. The van der Waals surface area contributed by atoms with E-state index in [9.17, 15) is 0 Å². The summed E-state index contributed by atoms with van der Waals surface area (Å²) in [6.07, 6.45) is 21.6. The molecule has 0 amide bonds. The summed E-state index contributed by atoms with van der Waals surface area (Å²) in [4.78, 5) is 0. The van der Waals surface area contributed by atoms with E-state index >= 15 is 0 Å². The minimum atomic E-state index is 0.582. The molecule has 0 aliphatic heterocycles. The number of hydrogen-bond acceptors (Lipinski definition) is 1. The predicted molar refractivity (Wildman–Crippen MR) is 133 cm³/mol. The van der Waals surface area contributed by atoms with Crippen LogP contribution in [0.1, 0.15) is 96.5 Å². The molecule has 31 heavy (non-hydrogen) atoms. The highest BCUT2D eigenvalue weighted by molar-refractivity contribution is 5.27. The van der Waals surface area contributed by atoms with Crippen LogP contribution in [0, 0.1) is 35.5 Å². The fourth-order valence-corrected chi connectivity index (χ4v) is 5.25. The van der Waals surface area contributed by atoms with E-state index < -0.39 is 0 Å². The molecule has 2 fully saturated rings. The quantitative estimate of drug-likeness (QED) is 0.364.